The third-order valence-electron chi connectivity index (χ3n) is 6.58. The van der Waals surface area contributed by atoms with Crippen molar-refractivity contribution in [1.29, 1.82) is 0 Å². The summed E-state index contributed by atoms with van der Waals surface area (Å²) >= 11 is 0. The van der Waals surface area contributed by atoms with Crippen LogP contribution in [0.4, 0.5) is 0 Å². The first-order valence-corrected chi connectivity index (χ1v) is 16.1. The van der Waals surface area contributed by atoms with Gasteiger partial charge in [-0.05, 0) is 38.5 Å². The number of hydrogen-bond donors (Lipinski definition) is 4. The lowest BCUT2D eigenvalue weighted by atomic mass is 10.0. The van der Waals surface area contributed by atoms with Crippen LogP contribution in [0.5, 0.6) is 0 Å². The quantitative estimate of drug-likeness (QED) is 0.0640. The summed E-state index contributed by atoms with van der Waals surface area (Å²) in [7, 11) is -4.38. The topological polar surface area (TPSA) is 124 Å². The van der Waals surface area contributed by atoms with Crippen molar-refractivity contribution in [3.05, 3.63) is 12.2 Å². The second-order valence-corrected chi connectivity index (χ2v) is 11.7. The van der Waals surface area contributed by atoms with Gasteiger partial charge in [0.1, 0.15) is 6.10 Å². The molecule has 36 heavy (non-hydrogen) atoms. The van der Waals surface area contributed by atoms with E-state index in [9.17, 15) is 28.0 Å². The van der Waals surface area contributed by atoms with Gasteiger partial charge in [-0.3, -0.25) is 9.35 Å². The summed E-state index contributed by atoms with van der Waals surface area (Å²) in [6.07, 6.45) is 21.4. The molecule has 0 aromatic rings. The number of rotatable bonds is 25. The van der Waals surface area contributed by atoms with E-state index in [0.717, 1.165) is 51.4 Å². The molecule has 0 fully saturated rings. The minimum atomic E-state index is -4.38. The summed E-state index contributed by atoms with van der Waals surface area (Å²) < 4.78 is 31.9. The van der Waals surface area contributed by atoms with Gasteiger partial charge in [0.15, 0.2) is 0 Å². The molecule has 0 aromatic heterocycles. The molecule has 4 N–H and O–H groups in total. The molecular weight excluding hydrogens is 478 g/mol. The van der Waals surface area contributed by atoms with Gasteiger partial charge in [-0.25, -0.2) is 0 Å². The van der Waals surface area contributed by atoms with E-state index in [1.165, 1.54) is 44.9 Å². The van der Waals surface area contributed by atoms with Crippen molar-refractivity contribution in [2.24, 2.45) is 0 Å². The van der Waals surface area contributed by atoms with Gasteiger partial charge in [0, 0.05) is 0 Å². The van der Waals surface area contributed by atoms with Gasteiger partial charge < -0.3 is 15.5 Å². The lowest BCUT2D eigenvalue weighted by Gasteiger charge is -2.24. The van der Waals surface area contributed by atoms with Gasteiger partial charge in [-0.2, -0.15) is 8.42 Å². The van der Waals surface area contributed by atoms with Gasteiger partial charge in [0.25, 0.3) is 10.1 Å². The molecule has 214 valence electrons. The molecule has 8 heteroatoms. The van der Waals surface area contributed by atoms with Crippen LogP contribution in [-0.4, -0.2) is 53.1 Å². The van der Waals surface area contributed by atoms with Crippen LogP contribution in [0.3, 0.4) is 0 Å². The van der Waals surface area contributed by atoms with Crippen molar-refractivity contribution < 1.29 is 28.0 Å². The molecule has 0 aliphatic rings. The molecule has 0 spiro atoms. The van der Waals surface area contributed by atoms with Crippen molar-refractivity contribution in [3.63, 3.8) is 0 Å². The smallest absolute Gasteiger partial charge is 0.266 e. The molecule has 1 amide bonds. The molecule has 0 radical (unpaired) electrons. The molecule has 0 saturated heterocycles. The number of aliphatic hydroxyl groups is 2. The minimum absolute atomic E-state index is 0.290. The zero-order valence-electron chi connectivity index (χ0n) is 23.0. The van der Waals surface area contributed by atoms with Crippen LogP contribution in [0.15, 0.2) is 12.2 Å². The Morgan fingerprint density at radius 3 is 1.69 bits per heavy atom. The van der Waals surface area contributed by atoms with E-state index in [-0.39, 0.29) is 6.42 Å². The Kier molecular flexibility index (Phi) is 22.6. The highest BCUT2D eigenvalue weighted by Gasteiger charge is 2.28. The number of nitrogens with one attached hydrogen (secondary N) is 1. The fourth-order valence-electron chi connectivity index (χ4n) is 4.28. The lowest BCUT2D eigenvalue weighted by molar-refractivity contribution is -0.131. The Bertz CT molecular complexity index is 652. The molecular formula is C28H55NO6S. The third kappa shape index (κ3) is 22.3. The molecule has 0 aliphatic heterocycles. The summed E-state index contributed by atoms with van der Waals surface area (Å²) in [4.78, 5) is 12.4. The lowest BCUT2D eigenvalue weighted by Crippen LogP contribution is -2.50. The maximum Gasteiger partial charge on any atom is 0.266 e. The van der Waals surface area contributed by atoms with Crippen molar-refractivity contribution in [3.8, 4) is 0 Å². The number of carbonyl (C=O) groups is 1. The minimum Gasteiger partial charge on any atom is -0.391 e. The number of amides is 1. The van der Waals surface area contributed by atoms with Crippen LogP contribution in [0, 0.1) is 0 Å². The fraction of sp³-hybridized carbons (Fsp3) is 0.893. The highest BCUT2D eigenvalue weighted by molar-refractivity contribution is 7.85. The SMILES string of the molecule is CCCCCC/C=C\CCCCCCCCC(O)C(=O)NC(CS(=O)(=O)O)C(O)CCCCCCC. The van der Waals surface area contributed by atoms with Crippen molar-refractivity contribution in [1.82, 2.24) is 5.32 Å². The first kappa shape index (κ1) is 35.0. The Labute approximate surface area is 221 Å². The predicted octanol–water partition coefficient (Wildman–Crippen LogP) is 6.09. The number of allylic oxidation sites excluding steroid dienone is 2. The molecule has 0 aromatic carbocycles. The van der Waals surface area contributed by atoms with E-state index in [0.29, 0.717) is 19.3 Å². The monoisotopic (exact) mass is 533 g/mol. The number of aliphatic hydroxyl groups excluding tert-OH is 2. The molecule has 3 unspecified atom stereocenters. The van der Waals surface area contributed by atoms with Crippen LogP contribution in [0.1, 0.15) is 136 Å². The molecule has 0 rings (SSSR count). The first-order chi connectivity index (χ1) is 17.2. The van der Waals surface area contributed by atoms with E-state index < -0.39 is 40.0 Å². The van der Waals surface area contributed by atoms with Crippen LogP contribution < -0.4 is 5.32 Å². The maximum atomic E-state index is 12.4. The molecule has 7 nitrogen and oxygen atoms in total. The third-order valence-corrected chi connectivity index (χ3v) is 7.36. The van der Waals surface area contributed by atoms with Gasteiger partial charge in [0.05, 0.1) is 17.9 Å². The number of unbranched alkanes of at least 4 members (excludes halogenated alkanes) is 14. The van der Waals surface area contributed by atoms with E-state index >= 15 is 0 Å². The van der Waals surface area contributed by atoms with E-state index in [1.54, 1.807) is 0 Å². The second-order valence-electron chi connectivity index (χ2n) is 10.2. The Morgan fingerprint density at radius 2 is 1.17 bits per heavy atom. The Balaban J connectivity index is 4.09. The first-order valence-electron chi connectivity index (χ1n) is 14.5. The molecule has 3 atom stereocenters. The highest BCUT2D eigenvalue weighted by atomic mass is 32.2. The van der Waals surface area contributed by atoms with E-state index in [2.05, 4.69) is 31.3 Å². The highest BCUT2D eigenvalue weighted by Crippen LogP contribution is 2.13. The van der Waals surface area contributed by atoms with Crippen molar-refractivity contribution >= 4 is 16.0 Å². The number of hydrogen-bond acceptors (Lipinski definition) is 5. The summed E-state index contributed by atoms with van der Waals surface area (Å²) in [6, 6.07) is -1.14. The van der Waals surface area contributed by atoms with Crippen molar-refractivity contribution in [2.45, 2.75) is 154 Å². The van der Waals surface area contributed by atoms with Gasteiger partial charge in [-0.1, -0.05) is 109 Å². The van der Waals surface area contributed by atoms with Crippen LogP contribution in [-0.2, 0) is 14.9 Å². The average molecular weight is 534 g/mol. The zero-order valence-corrected chi connectivity index (χ0v) is 23.8. The van der Waals surface area contributed by atoms with E-state index in [1.807, 2.05) is 0 Å². The van der Waals surface area contributed by atoms with Crippen LogP contribution in [0.25, 0.3) is 0 Å². The normalized spacial score (nSPS) is 14.7. The Morgan fingerprint density at radius 1 is 0.722 bits per heavy atom. The van der Waals surface area contributed by atoms with Gasteiger partial charge in [-0.15, -0.1) is 0 Å². The largest absolute Gasteiger partial charge is 0.391 e. The summed E-state index contributed by atoms with van der Waals surface area (Å²) in [5.74, 6) is -1.47. The average Bonchev–Trinajstić information content (AvgIpc) is 2.82. The zero-order chi connectivity index (χ0) is 27.1. The molecule has 0 saturated carbocycles. The Hall–Kier alpha value is -0.960. The molecule has 0 bridgehead atoms. The standard InChI is InChI=1S/C28H55NO6S/c1-3-5-7-9-10-11-12-13-14-15-16-17-19-21-23-27(31)28(32)29-25(24-36(33,34)35)26(30)22-20-18-8-6-4-2/h11-12,25-27,30-31H,3-10,13-24H2,1-2H3,(H,29,32)(H,33,34,35)/b12-11-. The van der Waals surface area contributed by atoms with Gasteiger partial charge in [0.2, 0.25) is 5.91 Å². The van der Waals surface area contributed by atoms with Crippen molar-refractivity contribution in [2.75, 3.05) is 5.75 Å². The fourth-order valence-corrected chi connectivity index (χ4v) is 5.04. The van der Waals surface area contributed by atoms with Crippen LogP contribution >= 0.6 is 0 Å². The summed E-state index contributed by atoms with van der Waals surface area (Å²) in [5.41, 5.74) is 0. The maximum absolute atomic E-state index is 12.4. The molecule has 0 heterocycles. The van der Waals surface area contributed by atoms with E-state index in [4.69, 9.17) is 0 Å². The second kappa shape index (κ2) is 23.2. The molecule has 0 aliphatic carbocycles. The summed E-state index contributed by atoms with van der Waals surface area (Å²) in [5, 5.41) is 23.0. The van der Waals surface area contributed by atoms with Crippen LogP contribution in [0.2, 0.25) is 0 Å². The summed E-state index contributed by atoms with van der Waals surface area (Å²) in [6.45, 7) is 4.33. The number of carbonyl (C=O) groups excluding carboxylic acids is 1. The van der Waals surface area contributed by atoms with Gasteiger partial charge >= 0.3 is 0 Å². The predicted molar refractivity (Wildman–Crippen MR) is 149 cm³/mol.